The van der Waals surface area contributed by atoms with Crippen molar-refractivity contribution in [1.29, 1.82) is 0 Å². The summed E-state index contributed by atoms with van der Waals surface area (Å²) in [6.07, 6.45) is 0.877. The molecule has 7 nitrogen and oxygen atoms in total. The maximum Gasteiger partial charge on any atom is 0.306 e. The first-order valence-electron chi connectivity index (χ1n) is 8.94. The van der Waals surface area contributed by atoms with Gasteiger partial charge in [-0.1, -0.05) is 13.8 Å². The number of rotatable bonds is 8. The molecule has 0 bridgehead atoms. The predicted molar refractivity (Wildman–Crippen MR) is 101 cm³/mol. The number of ketones is 1. The summed E-state index contributed by atoms with van der Waals surface area (Å²) in [5, 5.41) is 2.75. The molecule has 0 unspecified atom stereocenters. The van der Waals surface area contributed by atoms with Gasteiger partial charge >= 0.3 is 5.97 Å². The van der Waals surface area contributed by atoms with E-state index in [4.69, 9.17) is 4.74 Å². The first-order valence-corrected chi connectivity index (χ1v) is 10.8. The van der Waals surface area contributed by atoms with Gasteiger partial charge in [0.1, 0.15) is 0 Å². The van der Waals surface area contributed by atoms with Crippen molar-refractivity contribution in [2.24, 2.45) is 11.8 Å². The van der Waals surface area contributed by atoms with Crippen LogP contribution < -0.4 is 5.32 Å². The van der Waals surface area contributed by atoms with Crippen molar-refractivity contribution in [1.82, 2.24) is 0 Å². The van der Waals surface area contributed by atoms with E-state index in [0.29, 0.717) is 24.1 Å². The van der Waals surface area contributed by atoms with Gasteiger partial charge in [0.05, 0.1) is 11.5 Å². The quantitative estimate of drug-likeness (QED) is 0.534. The number of hydrogen-bond donors (Lipinski definition) is 1. The molecule has 1 aromatic rings. The highest BCUT2D eigenvalue weighted by Gasteiger charge is 2.30. The molecule has 8 heteroatoms. The molecule has 1 amide bonds. The molecule has 1 N–H and O–H groups in total. The third-order valence-electron chi connectivity index (χ3n) is 4.23. The maximum absolute atomic E-state index is 12.1. The van der Waals surface area contributed by atoms with Gasteiger partial charge in [-0.2, -0.15) is 0 Å². The van der Waals surface area contributed by atoms with Crippen molar-refractivity contribution in [3.8, 4) is 0 Å². The first-order chi connectivity index (χ1) is 12.6. The van der Waals surface area contributed by atoms with E-state index in [1.165, 1.54) is 0 Å². The lowest BCUT2D eigenvalue weighted by Gasteiger charge is -2.09. The Hall–Kier alpha value is -2.22. The number of esters is 1. The fourth-order valence-corrected chi connectivity index (χ4v) is 4.74. The van der Waals surface area contributed by atoms with Crippen LogP contribution in [-0.4, -0.2) is 44.2 Å². The van der Waals surface area contributed by atoms with Gasteiger partial charge in [0.15, 0.2) is 22.2 Å². The highest BCUT2D eigenvalue weighted by atomic mass is 32.2. The number of carbonyl (C=O) groups excluding carboxylic acids is 3. The van der Waals surface area contributed by atoms with Crippen molar-refractivity contribution < 1.29 is 27.5 Å². The Kier molecular flexibility index (Phi) is 7.12. The van der Waals surface area contributed by atoms with Gasteiger partial charge in [-0.3, -0.25) is 14.4 Å². The van der Waals surface area contributed by atoms with Gasteiger partial charge < -0.3 is 10.1 Å². The molecule has 1 fully saturated rings. The number of ether oxygens (including phenoxy) is 1. The fraction of sp³-hybridized carbons (Fsp3) is 0.526. The summed E-state index contributed by atoms with van der Waals surface area (Å²) in [7, 11) is -3.04. The second kappa shape index (κ2) is 9.12. The molecule has 0 radical (unpaired) electrons. The fourth-order valence-electron chi connectivity index (χ4n) is 2.88. The molecular formula is C19H25NO6S. The van der Waals surface area contributed by atoms with Crippen LogP contribution in [0.4, 0.5) is 5.69 Å². The lowest BCUT2D eigenvalue weighted by Crippen LogP contribution is -2.17. The molecule has 1 atom stereocenters. The van der Waals surface area contributed by atoms with Crippen molar-refractivity contribution in [2.45, 2.75) is 33.1 Å². The van der Waals surface area contributed by atoms with E-state index in [1.807, 2.05) is 13.8 Å². The third-order valence-corrected chi connectivity index (χ3v) is 6.07. The van der Waals surface area contributed by atoms with Gasteiger partial charge in [-0.25, -0.2) is 8.42 Å². The Morgan fingerprint density at radius 3 is 2.41 bits per heavy atom. The van der Waals surface area contributed by atoms with Gasteiger partial charge in [0, 0.05) is 24.1 Å². The Morgan fingerprint density at radius 2 is 1.85 bits per heavy atom. The van der Waals surface area contributed by atoms with Crippen LogP contribution >= 0.6 is 0 Å². The zero-order valence-electron chi connectivity index (χ0n) is 15.6. The summed E-state index contributed by atoms with van der Waals surface area (Å²) in [5.41, 5.74) is 0.963. The molecule has 2 rings (SSSR count). The molecule has 0 aromatic heterocycles. The zero-order chi connectivity index (χ0) is 20.0. The standard InChI is InChI=1S/C19H25NO6S/c1-13(2)9-18(22)20-16-5-3-15(4-6-16)17(21)11-26-19(23)10-14-7-8-27(24,25)12-14/h3-6,13-14H,7-12H2,1-2H3,(H,20,22)/t14-/m1/s1. The number of benzene rings is 1. The van der Waals surface area contributed by atoms with E-state index in [0.717, 1.165) is 0 Å². The Morgan fingerprint density at radius 1 is 1.19 bits per heavy atom. The van der Waals surface area contributed by atoms with E-state index < -0.39 is 22.4 Å². The molecule has 1 aromatic carbocycles. The van der Waals surface area contributed by atoms with Gasteiger partial charge in [-0.15, -0.1) is 0 Å². The molecule has 1 heterocycles. The van der Waals surface area contributed by atoms with Crippen molar-refractivity contribution in [2.75, 3.05) is 23.4 Å². The topological polar surface area (TPSA) is 107 Å². The van der Waals surface area contributed by atoms with E-state index in [9.17, 15) is 22.8 Å². The number of Topliss-reactive ketones (excluding diaryl/α,β-unsaturated/α-hetero) is 1. The predicted octanol–water partition coefficient (Wildman–Crippen LogP) is 2.22. The van der Waals surface area contributed by atoms with Crippen LogP contribution in [0.1, 0.15) is 43.5 Å². The zero-order valence-corrected chi connectivity index (χ0v) is 16.4. The van der Waals surface area contributed by atoms with E-state index in [2.05, 4.69) is 5.32 Å². The van der Waals surface area contributed by atoms with Crippen molar-refractivity contribution >= 4 is 33.2 Å². The minimum absolute atomic E-state index is 0.0000376. The largest absolute Gasteiger partial charge is 0.457 e. The normalized spacial score (nSPS) is 18.3. The summed E-state index contributed by atoms with van der Waals surface area (Å²) < 4.78 is 27.7. The van der Waals surface area contributed by atoms with Crippen LogP contribution in [0, 0.1) is 11.8 Å². The van der Waals surface area contributed by atoms with E-state index in [1.54, 1.807) is 24.3 Å². The average molecular weight is 395 g/mol. The van der Waals surface area contributed by atoms with Crippen LogP contribution in [0.2, 0.25) is 0 Å². The number of anilines is 1. The number of sulfone groups is 1. The number of nitrogens with one attached hydrogen (secondary N) is 1. The molecule has 1 saturated heterocycles. The average Bonchev–Trinajstić information content (AvgIpc) is 2.91. The van der Waals surface area contributed by atoms with Crippen LogP contribution in [0.25, 0.3) is 0 Å². The first kappa shape index (κ1) is 21.1. The lowest BCUT2D eigenvalue weighted by atomic mass is 10.1. The number of carbonyl (C=O) groups is 3. The molecule has 1 aliphatic heterocycles. The summed E-state index contributed by atoms with van der Waals surface area (Å²) in [4.78, 5) is 35.6. The minimum atomic E-state index is -3.04. The molecule has 27 heavy (non-hydrogen) atoms. The molecule has 0 saturated carbocycles. The van der Waals surface area contributed by atoms with Crippen molar-refractivity contribution in [3.63, 3.8) is 0 Å². The van der Waals surface area contributed by atoms with Crippen LogP contribution in [-0.2, 0) is 24.2 Å². The number of hydrogen-bond acceptors (Lipinski definition) is 6. The number of amides is 1. The summed E-state index contributed by atoms with van der Waals surface area (Å²) in [6, 6.07) is 6.36. The highest BCUT2D eigenvalue weighted by Crippen LogP contribution is 2.22. The smallest absolute Gasteiger partial charge is 0.306 e. The van der Waals surface area contributed by atoms with Gasteiger partial charge in [-0.05, 0) is 42.5 Å². The molecule has 1 aliphatic rings. The lowest BCUT2D eigenvalue weighted by molar-refractivity contribution is -0.143. The Balaban J connectivity index is 1.78. The van der Waals surface area contributed by atoms with E-state index >= 15 is 0 Å². The minimum Gasteiger partial charge on any atom is -0.457 e. The van der Waals surface area contributed by atoms with Crippen molar-refractivity contribution in [3.05, 3.63) is 29.8 Å². The molecular weight excluding hydrogens is 370 g/mol. The van der Waals surface area contributed by atoms with Gasteiger partial charge in [0.2, 0.25) is 5.91 Å². The van der Waals surface area contributed by atoms with Crippen LogP contribution in [0.3, 0.4) is 0 Å². The maximum atomic E-state index is 12.1. The Labute approximate surface area is 159 Å². The Bertz CT molecular complexity index is 798. The summed E-state index contributed by atoms with van der Waals surface area (Å²) in [5.74, 6) is -0.891. The van der Waals surface area contributed by atoms with Crippen LogP contribution in [0.5, 0.6) is 0 Å². The monoisotopic (exact) mass is 395 g/mol. The summed E-state index contributed by atoms with van der Waals surface area (Å²) in [6.45, 7) is 3.51. The third kappa shape index (κ3) is 7.13. The molecule has 0 aliphatic carbocycles. The summed E-state index contributed by atoms with van der Waals surface area (Å²) >= 11 is 0. The SMILES string of the molecule is CC(C)CC(=O)Nc1ccc(C(=O)COC(=O)C[C@H]2CCS(=O)(=O)C2)cc1. The van der Waals surface area contributed by atoms with Crippen LogP contribution in [0.15, 0.2) is 24.3 Å². The second-order valence-corrected chi connectivity index (χ2v) is 9.51. The second-order valence-electron chi connectivity index (χ2n) is 7.28. The van der Waals surface area contributed by atoms with Gasteiger partial charge in [0.25, 0.3) is 0 Å². The molecule has 0 spiro atoms. The molecule has 148 valence electrons. The highest BCUT2D eigenvalue weighted by molar-refractivity contribution is 7.91. The van der Waals surface area contributed by atoms with E-state index in [-0.39, 0.29) is 41.5 Å².